The molecule has 1 amide bonds. The lowest BCUT2D eigenvalue weighted by Crippen LogP contribution is -2.30. The lowest BCUT2D eigenvalue weighted by atomic mass is 10.1. The van der Waals surface area contributed by atoms with Crippen LogP contribution in [0.5, 0.6) is 0 Å². The maximum absolute atomic E-state index is 11.4. The van der Waals surface area contributed by atoms with Gasteiger partial charge in [0.1, 0.15) is 5.60 Å². The molecular weight excluding hydrogens is 230 g/mol. The van der Waals surface area contributed by atoms with Gasteiger partial charge >= 0.3 is 6.09 Å². The van der Waals surface area contributed by atoms with Crippen molar-refractivity contribution >= 4 is 17.5 Å². The quantitative estimate of drug-likeness (QED) is 0.480. The van der Waals surface area contributed by atoms with E-state index in [2.05, 4.69) is 10.5 Å². The molecule has 0 unspecified atom stereocenters. The van der Waals surface area contributed by atoms with Gasteiger partial charge in [0, 0.05) is 5.69 Å². The summed E-state index contributed by atoms with van der Waals surface area (Å²) < 4.78 is 5.07. The smallest absolute Gasteiger partial charge is 0.428 e. The summed E-state index contributed by atoms with van der Waals surface area (Å²) in [6.45, 7) is 7.16. The van der Waals surface area contributed by atoms with Gasteiger partial charge in [0.05, 0.1) is 5.71 Å². The molecule has 0 radical (unpaired) electrons. The molecule has 18 heavy (non-hydrogen) atoms. The third-order valence-electron chi connectivity index (χ3n) is 2.02. The monoisotopic (exact) mass is 249 g/mol. The summed E-state index contributed by atoms with van der Waals surface area (Å²) in [5.74, 6) is 0. The Morgan fingerprint density at radius 2 is 2.06 bits per heavy atom. The predicted octanol–water partition coefficient (Wildman–Crippen LogP) is 2.52. The second-order valence-electron chi connectivity index (χ2n) is 4.94. The van der Waals surface area contributed by atoms with E-state index < -0.39 is 11.7 Å². The molecule has 0 aliphatic heterocycles. The van der Waals surface area contributed by atoms with Gasteiger partial charge in [-0.3, -0.25) is 0 Å². The number of hydrogen-bond donors (Lipinski definition) is 2. The van der Waals surface area contributed by atoms with Gasteiger partial charge in [-0.2, -0.15) is 5.10 Å². The molecule has 1 aromatic carbocycles. The number of nitrogens with zero attached hydrogens (tertiary/aromatic N) is 1. The highest BCUT2D eigenvalue weighted by Crippen LogP contribution is 2.08. The van der Waals surface area contributed by atoms with Crippen LogP contribution in [0, 0.1) is 0 Å². The van der Waals surface area contributed by atoms with Crippen LogP contribution < -0.4 is 11.2 Å². The Labute approximate surface area is 107 Å². The standard InChI is InChI=1S/C13H19N3O2/c1-9(10-6-5-7-11(14)8-10)15-16-12(17)18-13(2,3)4/h5-8H,14H2,1-4H3,(H,16,17)/b15-9-. The molecule has 0 spiro atoms. The second-order valence-corrected chi connectivity index (χ2v) is 4.94. The van der Waals surface area contributed by atoms with E-state index in [0.29, 0.717) is 11.4 Å². The number of rotatable bonds is 2. The van der Waals surface area contributed by atoms with Gasteiger partial charge in [-0.05, 0) is 45.4 Å². The molecule has 1 aromatic rings. The van der Waals surface area contributed by atoms with Crippen LogP contribution in [0.2, 0.25) is 0 Å². The van der Waals surface area contributed by atoms with Gasteiger partial charge in [-0.1, -0.05) is 12.1 Å². The van der Waals surface area contributed by atoms with Gasteiger partial charge in [0.15, 0.2) is 0 Å². The third-order valence-corrected chi connectivity index (χ3v) is 2.02. The summed E-state index contributed by atoms with van der Waals surface area (Å²) in [5.41, 5.74) is 9.64. The third kappa shape index (κ3) is 4.86. The minimum Gasteiger partial charge on any atom is -0.443 e. The molecule has 0 aliphatic rings. The van der Waals surface area contributed by atoms with Crippen LogP contribution in [0.15, 0.2) is 29.4 Å². The minimum atomic E-state index is -0.578. The Morgan fingerprint density at radius 3 is 2.61 bits per heavy atom. The lowest BCUT2D eigenvalue weighted by Gasteiger charge is -2.18. The Balaban J connectivity index is 2.65. The highest BCUT2D eigenvalue weighted by atomic mass is 16.6. The maximum atomic E-state index is 11.4. The van der Waals surface area contributed by atoms with Crippen molar-refractivity contribution < 1.29 is 9.53 Å². The molecule has 0 saturated heterocycles. The summed E-state index contributed by atoms with van der Waals surface area (Å²) in [6.07, 6.45) is -0.578. The van der Waals surface area contributed by atoms with E-state index in [1.807, 2.05) is 12.1 Å². The van der Waals surface area contributed by atoms with Crippen LogP contribution >= 0.6 is 0 Å². The number of hydrazone groups is 1. The zero-order valence-corrected chi connectivity index (χ0v) is 11.2. The Bertz CT molecular complexity index is 462. The van der Waals surface area contributed by atoms with Gasteiger partial charge in [0.2, 0.25) is 0 Å². The zero-order valence-electron chi connectivity index (χ0n) is 11.2. The van der Waals surface area contributed by atoms with E-state index in [-0.39, 0.29) is 0 Å². The van der Waals surface area contributed by atoms with Crippen molar-refractivity contribution in [2.75, 3.05) is 5.73 Å². The van der Waals surface area contributed by atoms with Crippen molar-refractivity contribution in [2.24, 2.45) is 5.10 Å². The van der Waals surface area contributed by atoms with Crippen molar-refractivity contribution in [1.82, 2.24) is 5.43 Å². The van der Waals surface area contributed by atoms with Crippen molar-refractivity contribution in [3.8, 4) is 0 Å². The van der Waals surface area contributed by atoms with Crippen LogP contribution in [0.25, 0.3) is 0 Å². The van der Waals surface area contributed by atoms with Gasteiger partial charge < -0.3 is 10.5 Å². The van der Waals surface area contributed by atoms with Crippen LogP contribution in [0.3, 0.4) is 0 Å². The Morgan fingerprint density at radius 1 is 1.39 bits per heavy atom. The minimum absolute atomic E-state index is 0.537. The van der Waals surface area contributed by atoms with E-state index in [4.69, 9.17) is 10.5 Å². The molecule has 1 rings (SSSR count). The van der Waals surface area contributed by atoms with Crippen molar-refractivity contribution in [2.45, 2.75) is 33.3 Å². The highest BCUT2D eigenvalue weighted by molar-refractivity contribution is 5.99. The molecule has 5 heteroatoms. The van der Waals surface area contributed by atoms with Crippen LogP contribution in [0.1, 0.15) is 33.3 Å². The Hall–Kier alpha value is -2.04. The van der Waals surface area contributed by atoms with Gasteiger partial charge in [-0.25, -0.2) is 10.2 Å². The number of ether oxygens (including phenoxy) is 1. The average Bonchev–Trinajstić information content (AvgIpc) is 2.23. The van der Waals surface area contributed by atoms with Crippen molar-refractivity contribution in [1.29, 1.82) is 0 Å². The number of nitrogens with one attached hydrogen (secondary N) is 1. The van der Waals surface area contributed by atoms with Crippen molar-refractivity contribution in [3.63, 3.8) is 0 Å². The molecule has 0 fully saturated rings. The number of anilines is 1. The topological polar surface area (TPSA) is 76.7 Å². The zero-order chi connectivity index (χ0) is 13.8. The first kappa shape index (κ1) is 14.0. The van der Waals surface area contributed by atoms with Gasteiger partial charge in [-0.15, -0.1) is 0 Å². The molecule has 0 heterocycles. The normalized spacial score (nSPS) is 12.1. The fraction of sp³-hybridized carbons (Fsp3) is 0.385. The van der Waals surface area contributed by atoms with E-state index in [1.54, 1.807) is 39.8 Å². The first-order chi connectivity index (χ1) is 8.28. The number of hydrogen-bond acceptors (Lipinski definition) is 4. The SMILES string of the molecule is C/C(=N/NC(=O)OC(C)(C)C)c1cccc(N)c1. The fourth-order valence-electron chi connectivity index (χ4n) is 1.26. The number of amides is 1. The molecule has 0 atom stereocenters. The molecule has 0 aliphatic carbocycles. The number of nitrogen functional groups attached to an aromatic ring is 1. The molecule has 0 saturated carbocycles. The summed E-state index contributed by atoms with van der Waals surface area (Å²) in [5, 5.41) is 3.96. The summed E-state index contributed by atoms with van der Waals surface area (Å²) >= 11 is 0. The highest BCUT2D eigenvalue weighted by Gasteiger charge is 2.15. The van der Waals surface area contributed by atoms with E-state index in [9.17, 15) is 4.79 Å². The van der Waals surface area contributed by atoms with Crippen LogP contribution in [-0.2, 0) is 4.74 Å². The average molecular weight is 249 g/mol. The van der Waals surface area contributed by atoms with Gasteiger partial charge in [0.25, 0.3) is 0 Å². The molecule has 0 bridgehead atoms. The van der Waals surface area contributed by atoms with Crippen molar-refractivity contribution in [3.05, 3.63) is 29.8 Å². The largest absolute Gasteiger partial charge is 0.443 e. The molecule has 0 aromatic heterocycles. The number of carbonyl (C=O) groups is 1. The number of carbonyl (C=O) groups excluding carboxylic acids is 1. The lowest BCUT2D eigenvalue weighted by molar-refractivity contribution is 0.0529. The van der Waals surface area contributed by atoms with E-state index in [0.717, 1.165) is 5.56 Å². The van der Waals surface area contributed by atoms with E-state index >= 15 is 0 Å². The maximum Gasteiger partial charge on any atom is 0.428 e. The second kappa shape index (κ2) is 5.53. The summed E-state index contributed by atoms with van der Waals surface area (Å²) in [6, 6.07) is 7.27. The first-order valence-electron chi connectivity index (χ1n) is 5.67. The summed E-state index contributed by atoms with van der Waals surface area (Å²) in [7, 11) is 0. The number of nitrogens with two attached hydrogens (primary N) is 1. The predicted molar refractivity (Wildman–Crippen MR) is 72.4 cm³/mol. The fourth-order valence-corrected chi connectivity index (χ4v) is 1.26. The molecular formula is C13H19N3O2. The first-order valence-corrected chi connectivity index (χ1v) is 5.67. The van der Waals surface area contributed by atoms with Crippen LogP contribution in [-0.4, -0.2) is 17.4 Å². The Kier molecular flexibility index (Phi) is 4.31. The van der Waals surface area contributed by atoms with Crippen LogP contribution in [0.4, 0.5) is 10.5 Å². The summed E-state index contributed by atoms with van der Waals surface area (Å²) in [4.78, 5) is 11.4. The molecule has 3 N–H and O–H groups in total. The molecule has 5 nitrogen and oxygen atoms in total. The molecule has 98 valence electrons. The van der Waals surface area contributed by atoms with E-state index in [1.165, 1.54) is 0 Å². The number of benzene rings is 1.